The smallest absolute Gasteiger partial charge is 0.352 e. The third-order valence-electron chi connectivity index (χ3n) is 6.27. The van der Waals surface area contributed by atoms with Gasteiger partial charge in [0.2, 0.25) is 0 Å². The lowest BCUT2D eigenvalue weighted by Crippen LogP contribution is -2.75. The summed E-state index contributed by atoms with van der Waals surface area (Å²) in [5.41, 5.74) is 1.49. The number of allylic oxidation sites excluding steroid dienone is 3. The molecule has 0 aliphatic carbocycles. The monoisotopic (exact) mass is 656 g/mol. The van der Waals surface area contributed by atoms with Gasteiger partial charge in [-0.3, -0.25) is 0 Å². The molecular formula is C23H25F17O2. The number of ether oxygens (including phenoxy) is 2. The fourth-order valence-corrected chi connectivity index (χ4v) is 3.66. The van der Waals surface area contributed by atoms with Crippen molar-refractivity contribution in [3.63, 3.8) is 0 Å². The van der Waals surface area contributed by atoms with E-state index >= 15 is 0 Å². The SMILES string of the molecule is CC(C)=CCC/C(C)=C/CO[C@H]1OCCC[C@H]1C(F)(F)C(F)(F)C(F)(F)C(F)(F)C(F)(F)C(F)(F)C(F)(F)C(F)(F)F. The molecule has 2 atom stereocenters. The van der Waals surface area contributed by atoms with E-state index in [-0.39, 0.29) is 0 Å². The molecule has 0 aromatic carbocycles. The first-order valence-corrected chi connectivity index (χ1v) is 11.8. The van der Waals surface area contributed by atoms with Crippen LogP contribution >= 0.6 is 0 Å². The van der Waals surface area contributed by atoms with Crippen molar-refractivity contribution in [1.29, 1.82) is 0 Å². The number of halogens is 17. The van der Waals surface area contributed by atoms with Crippen molar-refractivity contribution in [3.8, 4) is 0 Å². The molecule has 1 aliphatic rings. The zero-order chi connectivity index (χ0) is 33.4. The average Bonchev–Trinajstić information content (AvgIpc) is 2.82. The summed E-state index contributed by atoms with van der Waals surface area (Å²) in [5, 5.41) is 0. The van der Waals surface area contributed by atoms with Crippen molar-refractivity contribution in [2.45, 2.75) is 100 Å². The third-order valence-corrected chi connectivity index (χ3v) is 6.27. The van der Waals surface area contributed by atoms with Gasteiger partial charge in [0.1, 0.15) is 0 Å². The topological polar surface area (TPSA) is 18.5 Å². The quantitative estimate of drug-likeness (QED) is 0.145. The summed E-state index contributed by atoms with van der Waals surface area (Å²) in [4.78, 5) is 0. The highest BCUT2D eigenvalue weighted by Crippen LogP contribution is 2.65. The van der Waals surface area contributed by atoms with E-state index in [0.29, 0.717) is 18.4 Å². The summed E-state index contributed by atoms with van der Waals surface area (Å²) in [6, 6.07) is 0. The molecule has 248 valence electrons. The second-order valence-corrected chi connectivity index (χ2v) is 9.76. The largest absolute Gasteiger partial charge is 0.460 e. The van der Waals surface area contributed by atoms with E-state index in [0.717, 1.165) is 5.57 Å². The summed E-state index contributed by atoms with van der Waals surface area (Å²) in [7, 11) is 0. The average molecular weight is 656 g/mol. The summed E-state index contributed by atoms with van der Waals surface area (Å²) >= 11 is 0. The van der Waals surface area contributed by atoms with Gasteiger partial charge < -0.3 is 9.47 Å². The highest BCUT2D eigenvalue weighted by molar-refractivity contribution is 5.16. The summed E-state index contributed by atoms with van der Waals surface area (Å²) in [5.74, 6) is -60.0. The summed E-state index contributed by atoms with van der Waals surface area (Å²) in [6.45, 7) is 3.85. The van der Waals surface area contributed by atoms with Gasteiger partial charge in [-0.15, -0.1) is 0 Å². The number of hydrogen-bond donors (Lipinski definition) is 0. The number of hydrogen-bond acceptors (Lipinski definition) is 2. The Hall–Kier alpha value is -1.79. The van der Waals surface area contributed by atoms with Gasteiger partial charge in [-0.05, 0) is 46.5 Å². The van der Waals surface area contributed by atoms with Crippen molar-refractivity contribution in [2.24, 2.45) is 5.92 Å². The molecule has 1 rings (SSSR count). The van der Waals surface area contributed by atoms with Gasteiger partial charge in [0.25, 0.3) is 0 Å². The molecule has 0 N–H and O–H groups in total. The minimum absolute atomic E-state index is 0.380. The van der Waals surface area contributed by atoms with Crippen LogP contribution in [0.15, 0.2) is 23.3 Å². The Kier molecular flexibility index (Phi) is 11.2. The molecule has 0 unspecified atom stereocenters. The summed E-state index contributed by atoms with van der Waals surface area (Å²) in [6.07, 6.45) is -8.37. The van der Waals surface area contributed by atoms with Crippen LogP contribution in [0.3, 0.4) is 0 Å². The van der Waals surface area contributed by atoms with Crippen LogP contribution in [-0.4, -0.2) is 67.1 Å². The van der Waals surface area contributed by atoms with Gasteiger partial charge in [-0.2, -0.15) is 74.6 Å². The first kappa shape index (κ1) is 38.2. The maximum absolute atomic E-state index is 14.8. The van der Waals surface area contributed by atoms with Gasteiger partial charge in [0.05, 0.1) is 12.5 Å². The molecule has 0 radical (unpaired) electrons. The Balaban J connectivity index is 3.41. The van der Waals surface area contributed by atoms with Crippen molar-refractivity contribution < 1.29 is 84.1 Å². The number of rotatable bonds is 13. The normalized spacial score (nSPS) is 21.0. The van der Waals surface area contributed by atoms with E-state index in [1.54, 1.807) is 19.9 Å². The van der Waals surface area contributed by atoms with Crippen LogP contribution in [0, 0.1) is 5.92 Å². The van der Waals surface area contributed by atoms with Crippen LogP contribution in [0.1, 0.15) is 46.5 Å². The van der Waals surface area contributed by atoms with Gasteiger partial charge in [0.15, 0.2) is 6.29 Å². The van der Waals surface area contributed by atoms with Gasteiger partial charge >= 0.3 is 47.6 Å². The third kappa shape index (κ3) is 6.50. The predicted octanol–water partition coefficient (Wildman–Crippen LogP) is 9.46. The second kappa shape index (κ2) is 12.3. The molecular weight excluding hydrogens is 631 g/mol. The van der Waals surface area contributed by atoms with Gasteiger partial charge in [0, 0.05) is 6.61 Å². The van der Waals surface area contributed by atoms with Crippen molar-refractivity contribution in [3.05, 3.63) is 23.3 Å². The van der Waals surface area contributed by atoms with Crippen LogP contribution < -0.4 is 0 Å². The summed E-state index contributed by atoms with van der Waals surface area (Å²) < 4.78 is 241. The molecule has 1 fully saturated rings. The van der Waals surface area contributed by atoms with E-state index in [1.165, 1.54) is 13.0 Å². The second-order valence-electron chi connectivity index (χ2n) is 9.76. The zero-order valence-corrected chi connectivity index (χ0v) is 21.8. The highest BCUT2D eigenvalue weighted by Gasteiger charge is 2.95. The lowest BCUT2D eigenvalue weighted by Gasteiger charge is -2.45. The fraction of sp³-hybridized carbons (Fsp3) is 0.826. The first-order valence-electron chi connectivity index (χ1n) is 11.8. The van der Waals surface area contributed by atoms with E-state index < -0.39 is 85.9 Å². The van der Waals surface area contributed by atoms with Crippen molar-refractivity contribution in [1.82, 2.24) is 0 Å². The first-order chi connectivity index (χ1) is 18.6. The Morgan fingerprint density at radius 3 is 1.57 bits per heavy atom. The van der Waals surface area contributed by atoms with E-state index in [1.807, 2.05) is 0 Å². The molecule has 0 aromatic heterocycles. The van der Waals surface area contributed by atoms with Gasteiger partial charge in [-0.1, -0.05) is 23.3 Å². The molecule has 2 nitrogen and oxygen atoms in total. The van der Waals surface area contributed by atoms with Crippen LogP contribution in [0.5, 0.6) is 0 Å². The molecule has 1 saturated heterocycles. The maximum Gasteiger partial charge on any atom is 0.460 e. The van der Waals surface area contributed by atoms with Crippen LogP contribution in [0.4, 0.5) is 74.6 Å². The molecule has 0 spiro atoms. The minimum Gasteiger partial charge on any atom is -0.352 e. The molecule has 42 heavy (non-hydrogen) atoms. The molecule has 19 heteroatoms. The van der Waals surface area contributed by atoms with Crippen LogP contribution in [0.25, 0.3) is 0 Å². The van der Waals surface area contributed by atoms with Crippen LogP contribution in [0.2, 0.25) is 0 Å². The van der Waals surface area contributed by atoms with E-state index in [4.69, 9.17) is 4.74 Å². The number of alkyl halides is 17. The van der Waals surface area contributed by atoms with Crippen molar-refractivity contribution >= 4 is 0 Å². The molecule has 1 heterocycles. The molecule has 1 aliphatic heterocycles. The lowest BCUT2D eigenvalue weighted by atomic mass is 9.82. The fourth-order valence-electron chi connectivity index (χ4n) is 3.66. The Bertz CT molecular complexity index is 978. The van der Waals surface area contributed by atoms with E-state index in [2.05, 4.69) is 4.74 Å². The van der Waals surface area contributed by atoms with Crippen LogP contribution in [-0.2, 0) is 9.47 Å². The highest BCUT2D eigenvalue weighted by atomic mass is 19.4. The molecule has 0 saturated carbocycles. The lowest BCUT2D eigenvalue weighted by molar-refractivity contribution is -0.465. The standard InChI is InChI=1S/C23H25F17O2/c1-12(2)6-4-7-13(3)9-11-42-15-14(8-5-10-41-15)16(24,25)17(26,27)18(28,29)19(30,31)20(32,33)21(34,35)22(36,37)23(38,39)40/h6,9,14-15H,4-5,7-8,10-11H2,1-3H3/b13-9+/t14-,15-/m1/s1. The van der Waals surface area contributed by atoms with Gasteiger partial charge in [-0.25, -0.2) is 0 Å². The Labute approximate surface area is 227 Å². The Morgan fingerprint density at radius 2 is 1.12 bits per heavy atom. The molecule has 0 bridgehead atoms. The van der Waals surface area contributed by atoms with E-state index in [9.17, 15) is 74.6 Å². The zero-order valence-electron chi connectivity index (χ0n) is 21.8. The van der Waals surface area contributed by atoms with Crippen molar-refractivity contribution in [2.75, 3.05) is 13.2 Å². The molecule has 0 aromatic rings. The Morgan fingerprint density at radius 1 is 0.667 bits per heavy atom. The molecule has 0 amide bonds. The predicted molar refractivity (Wildman–Crippen MR) is 112 cm³/mol. The minimum atomic E-state index is -8.66. The maximum atomic E-state index is 14.8.